The Labute approximate surface area is 171 Å². The van der Waals surface area contributed by atoms with Gasteiger partial charge < -0.3 is 10.2 Å². The molecule has 0 radical (unpaired) electrons. The zero-order chi connectivity index (χ0) is 20.3. The van der Waals surface area contributed by atoms with Crippen LogP contribution in [-0.2, 0) is 14.8 Å². The van der Waals surface area contributed by atoms with Crippen molar-refractivity contribution in [3.63, 3.8) is 0 Å². The molecule has 1 N–H and O–H groups in total. The molecule has 6 nitrogen and oxygen atoms in total. The van der Waals surface area contributed by atoms with Crippen molar-refractivity contribution in [2.45, 2.75) is 32.7 Å². The van der Waals surface area contributed by atoms with Crippen LogP contribution < -0.4 is 5.32 Å². The van der Waals surface area contributed by atoms with Gasteiger partial charge in [-0.2, -0.15) is 0 Å². The van der Waals surface area contributed by atoms with E-state index in [0.29, 0.717) is 22.3 Å². The number of carbonyl (C=O) groups is 1. The molecule has 0 fully saturated rings. The number of halogens is 1. The highest BCUT2D eigenvalue weighted by molar-refractivity contribution is 7.90. The zero-order valence-corrected chi connectivity index (χ0v) is 17.5. The molecule has 2 aliphatic rings. The Bertz CT molecular complexity index is 934. The Hall–Kier alpha value is -2.12. The summed E-state index contributed by atoms with van der Waals surface area (Å²) in [5.74, 6) is 0.608. The minimum Gasteiger partial charge on any atom is -0.345 e. The number of sulfonamides is 1. The number of hydrogen-bond donors (Lipinski definition) is 1. The summed E-state index contributed by atoms with van der Waals surface area (Å²) < 4.78 is 27.0. The topological polar surface area (TPSA) is 78.8 Å². The van der Waals surface area contributed by atoms with E-state index < -0.39 is 10.0 Å². The predicted octanol–water partition coefficient (Wildman–Crippen LogP) is 3.43. The number of nitrogens with one attached hydrogen (secondary N) is 1. The summed E-state index contributed by atoms with van der Waals surface area (Å²) in [6.45, 7) is 4.59. The van der Waals surface area contributed by atoms with E-state index in [2.05, 4.69) is 23.6 Å². The lowest BCUT2D eigenvalue weighted by molar-refractivity contribution is -0.118. The molecular weight excluding hydrogens is 398 g/mol. The first kappa shape index (κ1) is 20.6. The number of hydrogen-bond acceptors (Lipinski definition) is 4. The number of nitrogens with zero attached hydrogens (tertiary/aromatic N) is 2. The summed E-state index contributed by atoms with van der Waals surface area (Å²) in [6, 6.07) is 7.38. The highest BCUT2D eigenvalue weighted by atomic mass is 35.5. The van der Waals surface area contributed by atoms with Gasteiger partial charge in [0.25, 0.3) is 15.9 Å². The fraction of sp³-hybridized carbons (Fsp3) is 0.400. The van der Waals surface area contributed by atoms with Crippen molar-refractivity contribution >= 4 is 33.4 Å². The lowest BCUT2D eigenvalue weighted by Gasteiger charge is -2.27. The minimum absolute atomic E-state index is 0.0580. The maximum absolute atomic E-state index is 12.9. The second-order valence-electron chi connectivity index (χ2n) is 7.40. The molecule has 1 aromatic carbocycles. The Morgan fingerprint density at radius 1 is 1.21 bits per heavy atom. The molecule has 2 heterocycles. The highest BCUT2D eigenvalue weighted by Gasteiger charge is 2.26. The van der Waals surface area contributed by atoms with E-state index in [9.17, 15) is 13.2 Å². The van der Waals surface area contributed by atoms with Crippen LogP contribution in [0.4, 0.5) is 0 Å². The van der Waals surface area contributed by atoms with Gasteiger partial charge in [0.1, 0.15) is 5.84 Å². The first-order chi connectivity index (χ1) is 13.2. The monoisotopic (exact) mass is 421 g/mol. The number of amidine groups is 1. The van der Waals surface area contributed by atoms with E-state index in [0.717, 1.165) is 18.4 Å². The van der Waals surface area contributed by atoms with Crippen LogP contribution in [0.2, 0.25) is 5.02 Å². The average Bonchev–Trinajstić information content (AvgIpc) is 2.64. The normalized spacial score (nSPS) is 18.9. The van der Waals surface area contributed by atoms with Crippen molar-refractivity contribution in [1.82, 2.24) is 10.2 Å². The van der Waals surface area contributed by atoms with Crippen molar-refractivity contribution in [3.8, 4) is 0 Å². The fourth-order valence-corrected chi connectivity index (χ4v) is 4.19. The lowest BCUT2D eigenvalue weighted by atomic mass is 9.97. The minimum atomic E-state index is -3.41. The van der Waals surface area contributed by atoms with Gasteiger partial charge in [0, 0.05) is 17.8 Å². The molecule has 0 bridgehead atoms. The maximum atomic E-state index is 12.9. The third kappa shape index (κ3) is 5.23. The highest BCUT2D eigenvalue weighted by Crippen LogP contribution is 2.24. The van der Waals surface area contributed by atoms with Gasteiger partial charge in [0.05, 0.1) is 17.4 Å². The molecule has 1 unspecified atom stereocenters. The molecule has 28 heavy (non-hydrogen) atoms. The smallest absolute Gasteiger partial charge is 0.256 e. The number of fused-ring (bicyclic) bond motifs is 1. The Morgan fingerprint density at radius 2 is 1.93 bits per heavy atom. The molecule has 0 spiro atoms. The molecule has 2 aliphatic heterocycles. The van der Waals surface area contributed by atoms with Crippen LogP contribution in [-0.4, -0.2) is 37.4 Å². The molecule has 3 rings (SSSR count). The quantitative estimate of drug-likeness (QED) is 0.763. The van der Waals surface area contributed by atoms with Crippen molar-refractivity contribution in [2.75, 3.05) is 12.3 Å². The van der Waals surface area contributed by atoms with Gasteiger partial charge >= 0.3 is 0 Å². The third-order valence-corrected chi connectivity index (χ3v) is 6.11. The van der Waals surface area contributed by atoms with Crippen LogP contribution >= 0.6 is 11.6 Å². The van der Waals surface area contributed by atoms with Crippen LogP contribution in [0.15, 0.2) is 52.6 Å². The van der Waals surface area contributed by atoms with Crippen LogP contribution in [0.3, 0.4) is 0 Å². The van der Waals surface area contributed by atoms with Gasteiger partial charge in [-0.25, -0.2) is 8.42 Å². The molecule has 0 aromatic heterocycles. The molecule has 8 heteroatoms. The lowest BCUT2D eigenvalue weighted by Crippen LogP contribution is -2.38. The van der Waals surface area contributed by atoms with Gasteiger partial charge in [0.2, 0.25) is 0 Å². The van der Waals surface area contributed by atoms with Gasteiger partial charge in [-0.1, -0.05) is 37.6 Å². The van der Waals surface area contributed by atoms with E-state index in [4.69, 9.17) is 11.6 Å². The first-order valence-corrected chi connectivity index (χ1v) is 11.3. The SMILES string of the molecule is CC(C)CCC(NC(=O)C1=CN2CCS(=O)(=O)N=C2C=C1)c1ccc(Cl)cc1. The maximum Gasteiger partial charge on any atom is 0.256 e. The van der Waals surface area contributed by atoms with Crippen LogP contribution in [0.5, 0.6) is 0 Å². The predicted molar refractivity (Wildman–Crippen MR) is 112 cm³/mol. The summed E-state index contributed by atoms with van der Waals surface area (Å²) in [5.41, 5.74) is 1.48. The summed E-state index contributed by atoms with van der Waals surface area (Å²) in [5, 5.41) is 3.76. The molecule has 0 saturated heterocycles. The standard InChI is InChI=1S/C20H24ClN3O3S/c1-14(2)3-9-18(15-4-7-17(21)8-5-15)22-20(25)16-6-10-19-23-28(26,27)12-11-24(19)13-16/h4-8,10,13-14,18H,3,9,11-12H2,1-2H3,(H,22,25). The summed E-state index contributed by atoms with van der Waals surface area (Å²) in [4.78, 5) is 14.5. The first-order valence-electron chi connectivity index (χ1n) is 9.29. The van der Waals surface area contributed by atoms with Crippen molar-refractivity contribution < 1.29 is 13.2 Å². The van der Waals surface area contributed by atoms with Crippen LogP contribution in [0, 0.1) is 5.92 Å². The van der Waals surface area contributed by atoms with Gasteiger partial charge in [-0.15, -0.1) is 4.40 Å². The zero-order valence-electron chi connectivity index (χ0n) is 15.9. The molecular formula is C20H24ClN3O3S. The van der Waals surface area contributed by atoms with Gasteiger partial charge in [-0.05, 0) is 48.6 Å². The Morgan fingerprint density at radius 3 is 2.61 bits per heavy atom. The van der Waals surface area contributed by atoms with Crippen LogP contribution in [0.1, 0.15) is 38.3 Å². The van der Waals surface area contributed by atoms with Crippen LogP contribution in [0.25, 0.3) is 0 Å². The Balaban J connectivity index is 1.76. The third-order valence-electron chi connectivity index (χ3n) is 4.70. The van der Waals surface area contributed by atoms with E-state index in [1.165, 1.54) is 0 Å². The van der Waals surface area contributed by atoms with Gasteiger partial charge in [-0.3, -0.25) is 4.79 Å². The molecule has 150 valence electrons. The second kappa shape index (κ2) is 8.49. The van der Waals surface area contributed by atoms with Crippen molar-refractivity contribution in [2.24, 2.45) is 10.3 Å². The van der Waals surface area contributed by atoms with E-state index >= 15 is 0 Å². The molecule has 1 aromatic rings. The van der Waals surface area contributed by atoms with Crippen molar-refractivity contribution in [1.29, 1.82) is 0 Å². The summed E-state index contributed by atoms with van der Waals surface area (Å²) in [6.07, 6.45) is 6.62. The average molecular weight is 422 g/mol. The molecule has 1 amide bonds. The number of benzene rings is 1. The molecule has 0 aliphatic carbocycles. The Kier molecular flexibility index (Phi) is 6.25. The largest absolute Gasteiger partial charge is 0.345 e. The number of amides is 1. The van der Waals surface area contributed by atoms with E-state index in [-0.39, 0.29) is 24.2 Å². The molecule has 0 saturated carbocycles. The van der Waals surface area contributed by atoms with E-state index in [1.807, 2.05) is 24.3 Å². The fourth-order valence-electron chi connectivity index (χ4n) is 3.09. The number of rotatable bonds is 6. The van der Waals surface area contributed by atoms with Gasteiger partial charge in [0.15, 0.2) is 0 Å². The number of carbonyl (C=O) groups excluding carboxylic acids is 1. The second-order valence-corrected chi connectivity index (χ2v) is 9.59. The van der Waals surface area contributed by atoms with Crippen molar-refractivity contribution in [3.05, 3.63) is 58.8 Å². The van der Waals surface area contributed by atoms with E-state index in [1.54, 1.807) is 23.3 Å². The summed E-state index contributed by atoms with van der Waals surface area (Å²) >= 11 is 5.99. The summed E-state index contributed by atoms with van der Waals surface area (Å²) in [7, 11) is -3.41. The molecule has 1 atom stereocenters.